The number of benzene rings is 1. The van der Waals surface area contributed by atoms with Crippen molar-refractivity contribution >= 4 is 11.5 Å². The highest BCUT2D eigenvalue weighted by Crippen LogP contribution is 2.34. The van der Waals surface area contributed by atoms with Gasteiger partial charge < -0.3 is 16.8 Å². The SMILES string of the molecule is C=C(N)/N=C1/N=C(c2c(F)cccc2C(F)(F)F)C=C/C1=C(/N)NC. The van der Waals surface area contributed by atoms with Crippen LogP contribution in [0.15, 0.2) is 64.1 Å². The first kappa shape index (κ1) is 18.2. The van der Waals surface area contributed by atoms with Gasteiger partial charge in [0.1, 0.15) is 17.5 Å². The van der Waals surface area contributed by atoms with E-state index in [-0.39, 0.29) is 23.2 Å². The van der Waals surface area contributed by atoms with Crippen molar-refractivity contribution in [2.24, 2.45) is 21.5 Å². The molecule has 1 heterocycles. The molecule has 5 nitrogen and oxygen atoms in total. The number of alkyl halides is 3. The van der Waals surface area contributed by atoms with Crippen molar-refractivity contribution in [2.75, 3.05) is 7.05 Å². The monoisotopic (exact) mass is 353 g/mol. The van der Waals surface area contributed by atoms with Crippen LogP contribution in [0.4, 0.5) is 17.6 Å². The zero-order valence-corrected chi connectivity index (χ0v) is 13.2. The minimum absolute atomic E-state index is 0.0757. The van der Waals surface area contributed by atoms with Gasteiger partial charge in [-0.25, -0.2) is 14.4 Å². The van der Waals surface area contributed by atoms with E-state index >= 15 is 0 Å². The standard InChI is InChI=1S/C16H15F4N5/c1-8(21)24-15-9(14(22)23-2)6-7-12(25-15)13-10(16(18,19)20)4-3-5-11(13)17/h3-7,23H,1,21-22H2,2H3/b14-9+,24-15+. The molecule has 0 aromatic heterocycles. The molecule has 132 valence electrons. The third-order valence-corrected chi connectivity index (χ3v) is 3.26. The van der Waals surface area contributed by atoms with Crippen molar-refractivity contribution in [1.82, 2.24) is 5.32 Å². The normalized spacial score (nSPS) is 18.1. The largest absolute Gasteiger partial charge is 0.417 e. The van der Waals surface area contributed by atoms with Gasteiger partial charge in [-0.05, 0) is 24.3 Å². The lowest BCUT2D eigenvalue weighted by atomic mass is 9.98. The van der Waals surface area contributed by atoms with Crippen molar-refractivity contribution in [1.29, 1.82) is 0 Å². The molecule has 0 radical (unpaired) electrons. The molecule has 2 rings (SSSR count). The Morgan fingerprint density at radius 1 is 1.24 bits per heavy atom. The van der Waals surface area contributed by atoms with Gasteiger partial charge in [-0.1, -0.05) is 12.6 Å². The van der Waals surface area contributed by atoms with Crippen molar-refractivity contribution in [3.8, 4) is 0 Å². The first-order valence-corrected chi connectivity index (χ1v) is 6.99. The topological polar surface area (TPSA) is 88.8 Å². The number of aliphatic imine (C=N–C) groups is 2. The van der Waals surface area contributed by atoms with Crippen molar-refractivity contribution in [3.05, 3.63) is 71.1 Å². The Morgan fingerprint density at radius 2 is 1.92 bits per heavy atom. The highest BCUT2D eigenvalue weighted by molar-refractivity contribution is 6.21. The predicted octanol–water partition coefficient (Wildman–Crippen LogP) is 2.42. The van der Waals surface area contributed by atoms with Crippen LogP contribution in [0.1, 0.15) is 11.1 Å². The molecule has 9 heteroatoms. The number of halogens is 4. The maximum atomic E-state index is 14.1. The minimum Gasteiger partial charge on any atom is -0.385 e. The molecule has 5 N–H and O–H groups in total. The van der Waals surface area contributed by atoms with Crippen LogP contribution in [0.25, 0.3) is 0 Å². The molecule has 1 aliphatic heterocycles. The molecule has 0 bridgehead atoms. The van der Waals surface area contributed by atoms with Crippen LogP contribution in [-0.4, -0.2) is 18.6 Å². The first-order valence-electron chi connectivity index (χ1n) is 6.99. The lowest BCUT2D eigenvalue weighted by Gasteiger charge is -2.17. The molecule has 0 saturated heterocycles. The third kappa shape index (κ3) is 3.87. The highest BCUT2D eigenvalue weighted by Gasteiger charge is 2.36. The van der Waals surface area contributed by atoms with Gasteiger partial charge in [-0.3, -0.25) is 0 Å². The quantitative estimate of drug-likeness (QED) is 0.729. The molecule has 0 amide bonds. The van der Waals surface area contributed by atoms with Crippen LogP contribution in [0.5, 0.6) is 0 Å². The summed E-state index contributed by atoms with van der Waals surface area (Å²) in [5.74, 6) is -1.09. The Morgan fingerprint density at radius 3 is 2.48 bits per heavy atom. The third-order valence-electron chi connectivity index (χ3n) is 3.26. The summed E-state index contributed by atoms with van der Waals surface area (Å²) in [6.07, 6.45) is -2.14. The summed E-state index contributed by atoms with van der Waals surface area (Å²) in [5.41, 5.74) is 9.42. The van der Waals surface area contributed by atoms with E-state index in [2.05, 4.69) is 21.9 Å². The van der Waals surface area contributed by atoms with Gasteiger partial charge in [-0.15, -0.1) is 0 Å². The average molecular weight is 353 g/mol. The second kappa shape index (κ2) is 6.80. The number of nitrogens with zero attached hydrogens (tertiary/aromatic N) is 2. The van der Waals surface area contributed by atoms with E-state index in [1.54, 1.807) is 7.05 Å². The molecule has 1 aromatic rings. The summed E-state index contributed by atoms with van der Waals surface area (Å²) in [6.45, 7) is 3.40. The number of amidine groups is 1. The van der Waals surface area contributed by atoms with Gasteiger partial charge >= 0.3 is 6.18 Å². The molecule has 1 aromatic carbocycles. The number of hydrogen-bond acceptors (Lipinski definition) is 4. The van der Waals surface area contributed by atoms with Gasteiger partial charge in [0.2, 0.25) is 0 Å². The van der Waals surface area contributed by atoms with Gasteiger partial charge in [0, 0.05) is 12.6 Å². The molecule has 0 aliphatic carbocycles. The average Bonchev–Trinajstić information content (AvgIpc) is 2.52. The molecule has 25 heavy (non-hydrogen) atoms. The Bertz CT molecular complexity index is 831. The second-order valence-corrected chi connectivity index (χ2v) is 4.99. The fraction of sp³-hybridized carbons (Fsp3) is 0.125. The number of nitrogens with one attached hydrogen (secondary N) is 1. The Kier molecular flexibility index (Phi) is 4.96. The zero-order chi connectivity index (χ0) is 18.8. The van der Waals surface area contributed by atoms with Crippen LogP contribution in [0.2, 0.25) is 0 Å². The molecule has 0 atom stereocenters. The lowest BCUT2D eigenvalue weighted by Crippen LogP contribution is -2.24. The van der Waals surface area contributed by atoms with Crippen LogP contribution >= 0.6 is 0 Å². The second-order valence-electron chi connectivity index (χ2n) is 4.99. The zero-order valence-electron chi connectivity index (χ0n) is 13.2. The van der Waals surface area contributed by atoms with Gasteiger partial charge in [0.05, 0.1) is 16.8 Å². The fourth-order valence-corrected chi connectivity index (χ4v) is 2.17. The molecule has 1 aliphatic rings. The van der Waals surface area contributed by atoms with E-state index < -0.39 is 23.1 Å². The Labute approximate surface area is 141 Å². The number of dihydropyridines is 1. The number of nitrogens with two attached hydrogens (primary N) is 2. The summed E-state index contributed by atoms with van der Waals surface area (Å²) < 4.78 is 53.7. The van der Waals surface area contributed by atoms with E-state index in [0.29, 0.717) is 5.57 Å². The van der Waals surface area contributed by atoms with Crippen LogP contribution in [0, 0.1) is 5.82 Å². The molecule has 0 saturated carbocycles. The number of allylic oxidation sites excluding steroid dienone is 1. The molecular formula is C16H15F4N5. The Balaban J connectivity index is 2.69. The maximum Gasteiger partial charge on any atom is 0.417 e. The van der Waals surface area contributed by atoms with Crippen LogP contribution in [-0.2, 0) is 6.18 Å². The summed E-state index contributed by atoms with van der Waals surface area (Å²) in [6, 6.07) is 2.68. The van der Waals surface area contributed by atoms with Crippen molar-refractivity contribution in [3.63, 3.8) is 0 Å². The van der Waals surface area contributed by atoms with E-state index in [1.165, 1.54) is 12.2 Å². The maximum absolute atomic E-state index is 14.1. The Hall–Kier alpha value is -3.10. The fourth-order valence-electron chi connectivity index (χ4n) is 2.17. The smallest absolute Gasteiger partial charge is 0.385 e. The number of hydrogen-bond donors (Lipinski definition) is 3. The summed E-state index contributed by atoms with van der Waals surface area (Å²) in [4.78, 5) is 7.86. The first-order chi connectivity index (χ1) is 11.6. The molecule has 0 unspecified atom stereocenters. The minimum atomic E-state index is -4.75. The van der Waals surface area contributed by atoms with Crippen molar-refractivity contribution < 1.29 is 17.6 Å². The molecular weight excluding hydrogens is 338 g/mol. The van der Waals surface area contributed by atoms with Gasteiger partial charge in [-0.2, -0.15) is 13.2 Å². The summed E-state index contributed by atoms with van der Waals surface area (Å²) in [5, 5.41) is 2.67. The molecule has 0 spiro atoms. The van der Waals surface area contributed by atoms with Gasteiger partial charge in [0.15, 0.2) is 5.84 Å². The van der Waals surface area contributed by atoms with E-state index in [4.69, 9.17) is 11.5 Å². The van der Waals surface area contributed by atoms with Crippen LogP contribution in [0.3, 0.4) is 0 Å². The van der Waals surface area contributed by atoms with E-state index in [1.807, 2.05) is 0 Å². The highest BCUT2D eigenvalue weighted by atomic mass is 19.4. The molecule has 0 fully saturated rings. The summed E-state index contributed by atoms with van der Waals surface area (Å²) >= 11 is 0. The summed E-state index contributed by atoms with van der Waals surface area (Å²) in [7, 11) is 1.54. The predicted molar refractivity (Wildman–Crippen MR) is 88.1 cm³/mol. The number of rotatable bonds is 3. The van der Waals surface area contributed by atoms with Crippen LogP contribution < -0.4 is 16.8 Å². The lowest BCUT2D eigenvalue weighted by molar-refractivity contribution is -0.137. The van der Waals surface area contributed by atoms with Crippen molar-refractivity contribution in [2.45, 2.75) is 6.18 Å². The van der Waals surface area contributed by atoms with E-state index in [9.17, 15) is 17.6 Å². The van der Waals surface area contributed by atoms with E-state index in [0.717, 1.165) is 18.2 Å². The van der Waals surface area contributed by atoms with Gasteiger partial charge in [0.25, 0.3) is 0 Å².